The van der Waals surface area contributed by atoms with Gasteiger partial charge >= 0.3 is 12.2 Å². The standard InChI is InChI=1S/C31H33F3N4O3/c32-31(33,34)23-8-6-21(7-9-23)24-10-12-28(37-16-18-41-19-17-37)26-20-38(15-14-25(24)26)30(40)36-27(11-13-29(35)39)22-4-2-1-3-5-22/h1-10,12,27H,11,13-20H2,(H2,35,39)(H,36,40)/t27-/m0/s1. The van der Waals surface area contributed by atoms with Gasteiger partial charge in [-0.05, 0) is 58.9 Å². The third kappa shape index (κ3) is 6.65. The molecule has 10 heteroatoms. The minimum Gasteiger partial charge on any atom is -0.378 e. The quantitative estimate of drug-likeness (QED) is 0.407. The van der Waals surface area contributed by atoms with Crippen LogP contribution in [0.1, 0.15) is 41.1 Å². The van der Waals surface area contributed by atoms with Gasteiger partial charge in [0.2, 0.25) is 5.91 Å². The molecule has 0 radical (unpaired) electrons. The van der Waals surface area contributed by atoms with E-state index in [0.717, 1.165) is 40.1 Å². The van der Waals surface area contributed by atoms with Crippen LogP contribution in [0.25, 0.3) is 11.1 Å². The number of halogens is 3. The van der Waals surface area contributed by atoms with Crippen molar-refractivity contribution in [1.29, 1.82) is 0 Å². The molecule has 0 spiro atoms. The van der Waals surface area contributed by atoms with Gasteiger partial charge in [-0.1, -0.05) is 48.5 Å². The third-order valence-corrected chi connectivity index (χ3v) is 7.73. The molecule has 0 aliphatic carbocycles. The van der Waals surface area contributed by atoms with Crippen LogP contribution in [0, 0.1) is 0 Å². The molecule has 2 aliphatic rings. The molecule has 5 rings (SSSR count). The molecule has 0 bridgehead atoms. The second-order valence-corrected chi connectivity index (χ2v) is 10.4. The zero-order chi connectivity index (χ0) is 29.0. The highest BCUT2D eigenvalue weighted by Crippen LogP contribution is 2.38. The number of nitrogens with two attached hydrogens (primary N) is 1. The van der Waals surface area contributed by atoms with Crippen molar-refractivity contribution in [3.63, 3.8) is 0 Å². The first-order valence-corrected chi connectivity index (χ1v) is 13.7. The maximum atomic E-state index is 13.6. The fourth-order valence-corrected chi connectivity index (χ4v) is 5.58. The van der Waals surface area contributed by atoms with Crippen LogP contribution in [-0.4, -0.2) is 49.7 Å². The van der Waals surface area contributed by atoms with Gasteiger partial charge in [0.1, 0.15) is 0 Å². The van der Waals surface area contributed by atoms with E-state index >= 15 is 0 Å². The molecule has 0 aromatic heterocycles. The van der Waals surface area contributed by atoms with Gasteiger partial charge in [-0.3, -0.25) is 4.79 Å². The number of morpholine rings is 1. The number of fused-ring (bicyclic) bond motifs is 1. The number of benzene rings is 3. The smallest absolute Gasteiger partial charge is 0.378 e. The number of nitrogens with one attached hydrogen (secondary N) is 1. The summed E-state index contributed by atoms with van der Waals surface area (Å²) in [5.74, 6) is -0.432. The minimum absolute atomic E-state index is 0.139. The minimum atomic E-state index is -4.40. The van der Waals surface area contributed by atoms with Crippen LogP contribution in [0.2, 0.25) is 0 Å². The Balaban J connectivity index is 1.44. The lowest BCUT2D eigenvalue weighted by atomic mass is 9.88. The van der Waals surface area contributed by atoms with E-state index < -0.39 is 17.6 Å². The second-order valence-electron chi connectivity index (χ2n) is 10.4. The van der Waals surface area contributed by atoms with Gasteiger partial charge in [0, 0.05) is 38.3 Å². The number of amides is 3. The van der Waals surface area contributed by atoms with Crippen LogP contribution >= 0.6 is 0 Å². The molecule has 1 fully saturated rings. The Hall–Kier alpha value is -4.05. The monoisotopic (exact) mass is 566 g/mol. The Morgan fingerprint density at radius 1 is 0.927 bits per heavy atom. The van der Waals surface area contributed by atoms with Crippen molar-refractivity contribution < 1.29 is 27.5 Å². The van der Waals surface area contributed by atoms with Crippen molar-refractivity contribution in [2.75, 3.05) is 37.7 Å². The Kier molecular flexibility index (Phi) is 8.49. The molecule has 1 atom stereocenters. The lowest BCUT2D eigenvalue weighted by Gasteiger charge is -2.37. The summed E-state index contributed by atoms with van der Waals surface area (Å²) >= 11 is 0. The molecule has 41 heavy (non-hydrogen) atoms. The molecule has 3 aromatic carbocycles. The number of carbonyl (C=O) groups excluding carboxylic acids is 2. The lowest BCUT2D eigenvalue weighted by Crippen LogP contribution is -2.45. The molecule has 216 valence electrons. The average Bonchev–Trinajstić information content (AvgIpc) is 2.98. The van der Waals surface area contributed by atoms with Crippen molar-refractivity contribution >= 4 is 17.6 Å². The Morgan fingerprint density at radius 2 is 1.63 bits per heavy atom. The third-order valence-electron chi connectivity index (χ3n) is 7.73. The molecule has 2 aliphatic heterocycles. The number of hydrogen-bond acceptors (Lipinski definition) is 4. The van der Waals surface area contributed by atoms with Crippen molar-refractivity contribution in [3.05, 3.63) is 89.0 Å². The van der Waals surface area contributed by atoms with Crippen molar-refractivity contribution in [3.8, 4) is 11.1 Å². The van der Waals surface area contributed by atoms with E-state index in [9.17, 15) is 22.8 Å². The maximum absolute atomic E-state index is 13.6. The summed E-state index contributed by atoms with van der Waals surface area (Å²) < 4.78 is 45.1. The van der Waals surface area contributed by atoms with E-state index in [1.165, 1.54) is 12.1 Å². The number of primary amides is 1. The SMILES string of the molecule is NC(=O)CC[C@H](NC(=O)N1CCc2c(-c3ccc(C(F)(F)F)cc3)ccc(N3CCOCC3)c2C1)c1ccccc1. The van der Waals surface area contributed by atoms with Crippen molar-refractivity contribution in [1.82, 2.24) is 10.2 Å². The summed E-state index contributed by atoms with van der Waals surface area (Å²) in [6.45, 7) is 3.40. The van der Waals surface area contributed by atoms with Gasteiger partial charge < -0.3 is 25.6 Å². The summed E-state index contributed by atoms with van der Waals surface area (Å²) in [6.07, 6.45) is -3.33. The summed E-state index contributed by atoms with van der Waals surface area (Å²) in [6, 6.07) is 18.0. The average molecular weight is 567 g/mol. The number of rotatable bonds is 7. The summed E-state index contributed by atoms with van der Waals surface area (Å²) in [5.41, 5.74) is 10.2. The van der Waals surface area contributed by atoms with Crippen LogP contribution < -0.4 is 16.0 Å². The van der Waals surface area contributed by atoms with Crippen molar-refractivity contribution in [2.45, 2.75) is 38.0 Å². The summed E-state index contributed by atoms with van der Waals surface area (Å²) in [5, 5.41) is 3.09. The van der Waals surface area contributed by atoms with Crippen molar-refractivity contribution in [2.24, 2.45) is 5.73 Å². The van der Waals surface area contributed by atoms with E-state index in [4.69, 9.17) is 10.5 Å². The number of anilines is 1. The predicted octanol–water partition coefficient (Wildman–Crippen LogP) is 5.28. The van der Waals surface area contributed by atoms with Gasteiger partial charge in [0.15, 0.2) is 0 Å². The van der Waals surface area contributed by atoms with E-state index in [2.05, 4.69) is 10.2 Å². The Morgan fingerprint density at radius 3 is 2.29 bits per heavy atom. The summed E-state index contributed by atoms with van der Waals surface area (Å²) in [4.78, 5) is 29.1. The molecule has 3 N–H and O–H groups in total. The number of hydrogen-bond donors (Lipinski definition) is 2. The van der Waals surface area contributed by atoms with E-state index in [0.29, 0.717) is 57.8 Å². The topological polar surface area (TPSA) is 87.9 Å². The normalized spacial score (nSPS) is 16.2. The number of ether oxygens (including phenoxy) is 1. The largest absolute Gasteiger partial charge is 0.416 e. The molecule has 1 saturated heterocycles. The molecule has 3 aromatic rings. The lowest BCUT2D eigenvalue weighted by molar-refractivity contribution is -0.137. The first kappa shape index (κ1) is 28.5. The van der Waals surface area contributed by atoms with Gasteiger partial charge in [0.05, 0.1) is 24.8 Å². The van der Waals surface area contributed by atoms with E-state index in [1.54, 1.807) is 4.90 Å². The van der Waals surface area contributed by atoms with Gasteiger partial charge in [-0.15, -0.1) is 0 Å². The predicted molar refractivity (Wildman–Crippen MR) is 150 cm³/mol. The highest BCUT2D eigenvalue weighted by Gasteiger charge is 2.31. The van der Waals surface area contributed by atoms with Crippen LogP contribution in [0.4, 0.5) is 23.7 Å². The fraction of sp³-hybridized carbons (Fsp3) is 0.355. The van der Waals surface area contributed by atoms with Gasteiger partial charge in [0.25, 0.3) is 0 Å². The number of carbonyl (C=O) groups is 2. The molecule has 3 amide bonds. The number of alkyl halides is 3. The van der Waals surface area contributed by atoms with E-state index in [-0.39, 0.29) is 18.5 Å². The molecule has 7 nitrogen and oxygen atoms in total. The zero-order valence-electron chi connectivity index (χ0n) is 22.6. The van der Waals surface area contributed by atoms with Gasteiger partial charge in [-0.2, -0.15) is 13.2 Å². The number of urea groups is 1. The second kappa shape index (κ2) is 12.2. The highest BCUT2D eigenvalue weighted by molar-refractivity contribution is 5.79. The number of nitrogens with zero attached hydrogens (tertiary/aromatic N) is 2. The van der Waals surface area contributed by atoms with Crippen LogP contribution in [0.5, 0.6) is 0 Å². The fourth-order valence-electron chi connectivity index (χ4n) is 5.58. The Labute approximate surface area is 237 Å². The zero-order valence-corrected chi connectivity index (χ0v) is 22.6. The first-order valence-electron chi connectivity index (χ1n) is 13.7. The molecular formula is C31H33F3N4O3. The van der Waals surface area contributed by atoms with Crippen LogP contribution in [0.3, 0.4) is 0 Å². The molecular weight excluding hydrogens is 533 g/mol. The van der Waals surface area contributed by atoms with Crippen LogP contribution in [-0.2, 0) is 28.7 Å². The highest BCUT2D eigenvalue weighted by atomic mass is 19.4. The first-order chi connectivity index (χ1) is 19.7. The molecule has 0 unspecified atom stereocenters. The Bertz CT molecular complexity index is 1370. The molecule has 2 heterocycles. The summed E-state index contributed by atoms with van der Waals surface area (Å²) in [7, 11) is 0. The van der Waals surface area contributed by atoms with Gasteiger partial charge in [-0.25, -0.2) is 4.79 Å². The molecule has 0 saturated carbocycles. The van der Waals surface area contributed by atoms with E-state index in [1.807, 2.05) is 42.5 Å². The maximum Gasteiger partial charge on any atom is 0.416 e. The van der Waals surface area contributed by atoms with Crippen LogP contribution in [0.15, 0.2) is 66.7 Å².